The van der Waals surface area contributed by atoms with Gasteiger partial charge in [0, 0.05) is 5.92 Å². The molecule has 0 aliphatic heterocycles. The largest absolute Gasteiger partial charge is 0.467 e. The third-order valence-corrected chi connectivity index (χ3v) is 5.22. The van der Waals surface area contributed by atoms with Crippen LogP contribution in [0.25, 0.3) is 0 Å². The summed E-state index contributed by atoms with van der Waals surface area (Å²) in [6, 6.07) is 7.57. The Morgan fingerprint density at radius 2 is 1.73 bits per heavy atom. The van der Waals surface area contributed by atoms with Gasteiger partial charge in [-0.25, -0.2) is 0 Å². The van der Waals surface area contributed by atoms with Crippen LogP contribution in [0, 0.1) is 17.8 Å². The summed E-state index contributed by atoms with van der Waals surface area (Å²) in [5.41, 5.74) is 0. The third-order valence-electron chi connectivity index (χ3n) is 5.22. The molecule has 2 aliphatic rings. The van der Waals surface area contributed by atoms with Crippen LogP contribution in [0.3, 0.4) is 0 Å². The van der Waals surface area contributed by atoms with Crippen molar-refractivity contribution in [3.63, 3.8) is 0 Å². The summed E-state index contributed by atoms with van der Waals surface area (Å²) in [7, 11) is 0. The van der Waals surface area contributed by atoms with Crippen LogP contribution in [0.5, 0.6) is 0 Å². The minimum absolute atomic E-state index is 0.198. The van der Waals surface area contributed by atoms with Crippen LogP contribution in [0.1, 0.15) is 37.2 Å². The molecule has 0 saturated heterocycles. The molecule has 2 bridgehead atoms. The Morgan fingerprint density at radius 3 is 2.18 bits per heavy atom. The molecule has 2 fully saturated rings. The smallest absolute Gasteiger partial charge is 0.226 e. The predicted octanol–water partition coefficient (Wildman–Crippen LogP) is 3.84. The zero-order valence-electron chi connectivity index (χ0n) is 12.6. The normalized spacial score (nSPS) is 26.5. The van der Waals surface area contributed by atoms with Crippen molar-refractivity contribution in [1.29, 1.82) is 0 Å². The lowest BCUT2D eigenvalue weighted by atomic mass is 9.87. The van der Waals surface area contributed by atoms with Crippen molar-refractivity contribution in [2.24, 2.45) is 17.8 Å². The molecule has 22 heavy (non-hydrogen) atoms. The van der Waals surface area contributed by atoms with Crippen molar-refractivity contribution < 1.29 is 13.6 Å². The molecule has 116 valence electrons. The fourth-order valence-corrected chi connectivity index (χ4v) is 4.17. The topological polar surface area (TPSA) is 46.6 Å². The number of rotatable bonds is 5. The summed E-state index contributed by atoms with van der Waals surface area (Å²) in [5, 5.41) is 0. The molecule has 0 aromatic carbocycles. The number of carbonyl (C=O) groups excluding carboxylic acids is 1. The van der Waals surface area contributed by atoms with E-state index in [-0.39, 0.29) is 11.8 Å². The van der Waals surface area contributed by atoms with Crippen LogP contribution in [0.4, 0.5) is 0 Å². The van der Waals surface area contributed by atoms with Gasteiger partial charge in [-0.3, -0.25) is 4.79 Å². The minimum atomic E-state index is 0.198. The fourth-order valence-electron chi connectivity index (χ4n) is 4.17. The van der Waals surface area contributed by atoms with Gasteiger partial charge in [-0.2, -0.15) is 0 Å². The van der Waals surface area contributed by atoms with Crippen LogP contribution in [0.2, 0.25) is 0 Å². The standard InChI is InChI=1S/C18H21NO3/c20-18(17-10-13-5-6-14(17)9-13)19(11-15-3-1-7-21-15)12-16-4-2-8-22-16/h1-4,7-8,13-14,17H,5-6,9-12H2. The van der Waals surface area contributed by atoms with E-state index in [2.05, 4.69) is 0 Å². The highest BCUT2D eigenvalue weighted by Crippen LogP contribution is 2.49. The predicted molar refractivity (Wildman–Crippen MR) is 80.6 cm³/mol. The van der Waals surface area contributed by atoms with Gasteiger partial charge in [0.25, 0.3) is 0 Å². The average molecular weight is 299 g/mol. The van der Waals surface area contributed by atoms with E-state index >= 15 is 0 Å². The summed E-state index contributed by atoms with van der Waals surface area (Å²) >= 11 is 0. The molecule has 4 rings (SSSR count). The maximum Gasteiger partial charge on any atom is 0.226 e. The van der Waals surface area contributed by atoms with E-state index in [4.69, 9.17) is 8.83 Å². The van der Waals surface area contributed by atoms with Gasteiger partial charge in [0.15, 0.2) is 0 Å². The molecule has 3 atom stereocenters. The molecule has 3 unspecified atom stereocenters. The first kappa shape index (κ1) is 13.7. The number of hydrogen-bond acceptors (Lipinski definition) is 3. The van der Waals surface area contributed by atoms with E-state index in [1.54, 1.807) is 12.5 Å². The second kappa shape index (κ2) is 5.67. The SMILES string of the molecule is O=C(C1CC2CCC1C2)N(Cc1ccco1)Cc1ccco1. The van der Waals surface area contributed by atoms with Gasteiger partial charge in [0.05, 0.1) is 25.6 Å². The number of hydrogen-bond donors (Lipinski definition) is 0. The molecular formula is C18H21NO3. The number of carbonyl (C=O) groups is 1. The van der Waals surface area contributed by atoms with Crippen molar-refractivity contribution in [3.8, 4) is 0 Å². The Morgan fingerprint density at radius 1 is 1.05 bits per heavy atom. The van der Waals surface area contributed by atoms with Crippen LogP contribution < -0.4 is 0 Å². The van der Waals surface area contributed by atoms with E-state index in [0.29, 0.717) is 19.0 Å². The van der Waals surface area contributed by atoms with Gasteiger partial charge < -0.3 is 13.7 Å². The number of furan rings is 2. The maximum atomic E-state index is 13.0. The van der Waals surface area contributed by atoms with E-state index in [9.17, 15) is 4.79 Å². The zero-order chi connectivity index (χ0) is 14.9. The highest BCUT2D eigenvalue weighted by atomic mass is 16.3. The Bertz CT molecular complexity index is 581. The Labute approximate surface area is 130 Å². The van der Waals surface area contributed by atoms with Crippen molar-refractivity contribution in [2.45, 2.75) is 38.8 Å². The first-order valence-corrected chi connectivity index (χ1v) is 8.13. The molecule has 4 heteroatoms. The van der Waals surface area contributed by atoms with Gasteiger partial charge in [-0.15, -0.1) is 0 Å². The lowest BCUT2D eigenvalue weighted by Crippen LogP contribution is -2.37. The van der Waals surface area contributed by atoms with Gasteiger partial charge in [-0.1, -0.05) is 6.42 Å². The lowest BCUT2D eigenvalue weighted by Gasteiger charge is -2.28. The van der Waals surface area contributed by atoms with Gasteiger partial charge >= 0.3 is 0 Å². The highest BCUT2D eigenvalue weighted by Gasteiger charge is 2.44. The molecule has 2 aromatic rings. The van der Waals surface area contributed by atoms with E-state index in [0.717, 1.165) is 23.9 Å². The summed E-state index contributed by atoms with van der Waals surface area (Å²) in [6.45, 7) is 1.03. The molecule has 2 heterocycles. The average Bonchev–Trinajstić information content (AvgIpc) is 3.30. The van der Waals surface area contributed by atoms with Crippen molar-refractivity contribution in [3.05, 3.63) is 48.3 Å². The van der Waals surface area contributed by atoms with E-state index in [1.807, 2.05) is 29.2 Å². The van der Waals surface area contributed by atoms with Crippen molar-refractivity contribution in [1.82, 2.24) is 4.90 Å². The number of fused-ring (bicyclic) bond motifs is 2. The van der Waals surface area contributed by atoms with Crippen molar-refractivity contribution >= 4 is 5.91 Å². The van der Waals surface area contributed by atoms with Gasteiger partial charge in [0.1, 0.15) is 11.5 Å². The maximum absolute atomic E-state index is 13.0. The Hall–Kier alpha value is -1.97. The van der Waals surface area contributed by atoms with Crippen LogP contribution in [0.15, 0.2) is 45.6 Å². The second-order valence-electron chi connectivity index (χ2n) is 6.63. The fraction of sp³-hybridized carbons (Fsp3) is 0.500. The van der Waals surface area contributed by atoms with Gasteiger partial charge in [-0.05, 0) is 55.4 Å². The zero-order valence-corrected chi connectivity index (χ0v) is 12.6. The van der Waals surface area contributed by atoms with Crippen LogP contribution in [-0.4, -0.2) is 10.8 Å². The molecule has 1 amide bonds. The van der Waals surface area contributed by atoms with Crippen LogP contribution >= 0.6 is 0 Å². The summed E-state index contributed by atoms with van der Waals surface area (Å²) in [6.07, 6.45) is 8.15. The molecule has 0 spiro atoms. The monoisotopic (exact) mass is 299 g/mol. The number of amides is 1. The molecule has 4 nitrogen and oxygen atoms in total. The number of nitrogens with zero attached hydrogens (tertiary/aromatic N) is 1. The molecule has 0 radical (unpaired) electrons. The molecule has 2 aliphatic carbocycles. The van der Waals surface area contributed by atoms with Gasteiger partial charge in [0.2, 0.25) is 5.91 Å². The molecule has 0 N–H and O–H groups in total. The Balaban J connectivity index is 1.52. The quantitative estimate of drug-likeness (QED) is 0.842. The third kappa shape index (κ3) is 2.58. The second-order valence-corrected chi connectivity index (χ2v) is 6.63. The van der Waals surface area contributed by atoms with E-state index in [1.165, 1.54) is 19.3 Å². The molecular weight excluding hydrogens is 278 g/mol. The molecule has 2 aromatic heterocycles. The lowest BCUT2D eigenvalue weighted by molar-refractivity contribution is -0.139. The van der Waals surface area contributed by atoms with E-state index < -0.39 is 0 Å². The minimum Gasteiger partial charge on any atom is -0.467 e. The van der Waals surface area contributed by atoms with Crippen LogP contribution in [-0.2, 0) is 17.9 Å². The highest BCUT2D eigenvalue weighted by molar-refractivity contribution is 5.79. The van der Waals surface area contributed by atoms with Crippen molar-refractivity contribution in [2.75, 3.05) is 0 Å². The Kier molecular flexibility index (Phi) is 3.53. The first-order chi connectivity index (χ1) is 10.8. The summed E-state index contributed by atoms with van der Waals surface area (Å²) in [5.74, 6) is 3.47. The molecule has 2 saturated carbocycles. The summed E-state index contributed by atoms with van der Waals surface area (Å²) < 4.78 is 10.9. The first-order valence-electron chi connectivity index (χ1n) is 8.13. The summed E-state index contributed by atoms with van der Waals surface area (Å²) in [4.78, 5) is 14.9.